The van der Waals surface area contributed by atoms with Crippen molar-refractivity contribution >= 4 is 34.3 Å². The maximum atomic E-state index is 14.1. The number of nitro benzene ring substituents is 1. The van der Waals surface area contributed by atoms with Gasteiger partial charge in [-0.2, -0.15) is 0 Å². The molecule has 1 N–H and O–H groups in total. The van der Waals surface area contributed by atoms with Crippen molar-refractivity contribution in [2.24, 2.45) is 0 Å². The summed E-state index contributed by atoms with van der Waals surface area (Å²) in [5, 5.41) is 19.6. The van der Waals surface area contributed by atoms with E-state index in [9.17, 15) is 19.3 Å². The zero-order valence-corrected chi connectivity index (χ0v) is 11.8. The number of carboxylic acid groups (broad SMARTS) is 1. The summed E-state index contributed by atoms with van der Waals surface area (Å²) < 4.78 is 14.1. The van der Waals surface area contributed by atoms with Crippen LogP contribution in [0.15, 0.2) is 29.3 Å². The van der Waals surface area contributed by atoms with Gasteiger partial charge in [-0.3, -0.25) is 19.9 Å². The molecule has 110 valence electrons. The summed E-state index contributed by atoms with van der Waals surface area (Å²) in [6.45, 7) is 1.65. The second-order valence-electron chi connectivity index (χ2n) is 4.39. The molecule has 2 rings (SSSR count). The molecule has 1 aromatic heterocycles. The van der Waals surface area contributed by atoms with Crippen LogP contribution in [0.4, 0.5) is 10.1 Å². The standard InChI is InChI=1S/C13H11FN2O4S/c1-7(5-11(17)18)21-13-9(14)6-10(16(19)20)8-3-2-4-15-12(8)13/h2-4,6-7H,5H2,1H3,(H,17,18). The number of thioether (sulfide) groups is 1. The topological polar surface area (TPSA) is 93.3 Å². The van der Waals surface area contributed by atoms with Gasteiger partial charge in [-0.1, -0.05) is 6.92 Å². The van der Waals surface area contributed by atoms with E-state index in [4.69, 9.17) is 5.11 Å². The van der Waals surface area contributed by atoms with E-state index in [0.717, 1.165) is 17.8 Å². The average molecular weight is 310 g/mol. The number of hydrogen-bond donors (Lipinski definition) is 1. The van der Waals surface area contributed by atoms with Gasteiger partial charge >= 0.3 is 5.97 Å². The highest BCUT2D eigenvalue weighted by molar-refractivity contribution is 8.00. The first-order valence-electron chi connectivity index (χ1n) is 6.00. The van der Waals surface area contributed by atoms with Crippen LogP contribution >= 0.6 is 11.8 Å². The van der Waals surface area contributed by atoms with Gasteiger partial charge in [0.2, 0.25) is 0 Å². The van der Waals surface area contributed by atoms with Gasteiger partial charge < -0.3 is 5.11 Å². The molecule has 1 unspecified atom stereocenters. The molecule has 0 fully saturated rings. The fourth-order valence-corrected chi connectivity index (χ4v) is 3.00. The number of nitrogens with zero attached hydrogens (tertiary/aromatic N) is 2. The molecule has 0 bridgehead atoms. The minimum Gasteiger partial charge on any atom is -0.481 e. The number of carboxylic acids is 1. The van der Waals surface area contributed by atoms with Crippen LogP contribution in [0, 0.1) is 15.9 Å². The molecule has 0 spiro atoms. The van der Waals surface area contributed by atoms with Crippen molar-refractivity contribution in [3.8, 4) is 0 Å². The van der Waals surface area contributed by atoms with Crippen molar-refractivity contribution < 1.29 is 19.2 Å². The number of halogens is 1. The largest absolute Gasteiger partial charge is 0.481 e. The third-order valence-corrected chi connectivity index (χ3v) is 3.95. The van der Waals surface area contributed by atoms with Gasteiger partial charge in [0.25, 0.3) is 5.69 Å². The SMILES string of the molecule is CC(CC(=O)O)Sc1c(F)cc([N+](=O)[O-])c2cccnc12. The Morgan fingerprint density at radius 2 is 2.33 bits per heavy atom. The van der Waals surface area contributed by atoms with E-state index < -0.39 is 16.7 Å². The van der Waals surface area contributed by atoms with Gasteiger partial charge in [-0.25, -0.2) is 4.39 Å². The lowest BCUT2D eigenvalue weighted by molar-refractivity contribution is -0.383. The van der Waals surface area contributed by atoms with Crippen molar-refractivity contribution in [2.75, 3.05) is 0 Å². The number of pyridine rings is 1. The molecule has 0 aliphatic heterocycles. The van der Waals surface area contributed by atoms with E-state index in [1.54, 1.807) is 6.92 Å². The molecule has 0 saturated carbocycles. The zero-order chi connectivity index (χ0) is 15.6. The quantitative estimate of drug-likeness (QED) is 0.517. The first-order valence-corrected chi connectivity index (χ1v) is 6.88. The Balaban J connectivity index is 2.54. The predicted molar refractivity (Wildman–Crippen MR) is 75.9 cm³/mol. The summed E-state index contributed by atoms with van der Waals surface area (Å²) in [5.41, 5.74) is -0.183. The second-order valence-corrected chi connectivity index (χ2v) is 5.84. The van der Waals surface area contributed by atoms with Gasteiger partial charge in [0.1, 0.15) is 5.82 Å². The summed E-state index contributed by atoms with van der Waals surface area (Å²) in [6, 6.07) is 3.87. The lowest BCUT2D eigenvalue weighted by atomic mass is 10.2. The van der Waals surface area contributed by atoms with E-state index in [0.29, 0.717) is 0 Å². The molecule has 1 aromatic carbocycles. The Morgan fingerprint density at radius 3 is 2.95 bits per heavy atom. The number of hydrogen-bond acceptors (Lipinski definition) is 5. The van der Waals surface area contributed by atoms with E-state index in [2.05, 4.69) is 4.98 Å². The summed E-state index contributed by atoms with van der Waals surface area (Å²) >= 11 is 1.01. The Morgan fingerprint density at radius 1 is 1.62 bits per heavy atom. The van der Waals surface area contributed by atoms with Crippen molar-refractivity contribution in [3.05, 3.63) is 40.3 Å². The third-order valence-electron chi connectivity index (χ3n) is 2.76. The number of rotatable bonds is 5. The van der Waals surface area contributed by atoms with E-state index in [-0.39, 0.29) is 33.2 Å². The Kier molecular flexibility index (Phi) is 4.37. The first-order chi connectivity index (χ1) is 9.90. The van der Waals surface area contributed by atoms with Crippen molar-refractivity contribution in [2.45, 2.75) is 23.5 Å². The molecule has 0 amide bonds. The lowest BCUT2D eigenvalue weighted by Gasteiger charge is -2.11. The average Bonchev–Trinajstić information content (AvgIpc) is 2.40. The van der Waals surface area contributed by atoms with Gasteiger partial charge in [0.05, 0.1) is 33.2 Å². The number of non-ortho nitro benzene ring substituents is 1. The second kappa shape index (κ2) is 6.04. The molecule has 8 heteroatoms. The van der Waals surface area contributed by atoms with Crippen LogP contribution in [-0.2, 0) is 4.79 Å². The van der Waals surface area contributed by atoms with Crippen molar-refractivity contribution in [3.63, 3.8) is 0 Å². The highest BCUT2D eigenvalue weighted by Gasteiger charge is 2.22. The van der Waals surface area contributed by atoms with Crippen molar-refractivity contribution in [1.29, 1.82) is 0 Å². The van der Waals surface area contributed by atoms with Crippen LogP contribution in [-0.4, -0.2) is 26.2 Å². The molecule has 0 aliphatic rings. The van der Waals surface area contributed by atoms with Crippen molar-refractivity contribution in [1.82, 2.24) is 4.98 Å². The van der Waals surface area contributed by atoms with Gasteiger partial charge in [0.15, 0.2) is 0 Å². The fraction of sp³-hybridized carbons (Fsp3) is 0.231. The number of carbonyl (C=O) groups is 1. The van der Waals surface area contributed by atoms with Crippen LogP contribution in [0.25, 0.3) is 10.9 Å². The molecule has 0 aliphatic carbocycles. The maximum Gasteiger partial charge on any atom is 0.304 e. The van der Waals surface area contributed by atoms with Gasteiger partial charge in [-0.15, -0.1) is 11.8 Å². The number of nitro groups is 1. The first kappa shape index (κ1) is 15.2. The number of aromatic nitrogens is 1. The lowest BCUT2D eigenvalue weighted by Crippen LogP contribution is -2.06. The highest BCUT2D eigenvalue weighted by Crippen LogP contribution is 2.37. The van der Waals surface area contributed by atoms with Gasteiger partial charge in [-0.05, 0) is 12.1 Å². The van der Waals surface area contributed by atoms with E-state index in [1.165, 1.54) is 18.3 Å². The number of fused-ring (bicyclic) bond motifs is 1. The van der Waals surface area contributed by atoms with Crippen LogP contribution in [0.1, 0.15) is 13.3 Å². The summed E-state index contributed by atoms with van der Waals surface area (Å²) in [7, 11) is 0. The Hall–Kier alpha value is -2.22. The molecule has 0 saturated heterocycles. The minimum absolute atomic E-state index is 0.130. The Labute approximate surface area is 123 Å². The van der Waals surface area contributed by atoms with E-state index >= 15 is 0 Å². The third kappa shape index (κ3) is 3.27. The van der Waals surface area contributed by atoms with Gasteiger partial charge in [0, 0.05) is 11.4 Å². The predicted octanol–water partition coefficient (Wildman–Crippen LogP) is 3.24. The molecule has 0 radical (unpaired) electrons. The molecular weight excluding hydrogens is 299 g/mol. The molecule has 21 heavy (non-hydrogen) atoms. The molecule has 2 aromatic rings. The highest BCUT2D eigenvalue weighted by atomic mass is 32.2. The molecule has 6 nitrogen and oxygen atoms in total. The minimum atomic E-state index is -0.991. The van der Waals surface area contributed by atoms with Crippen LogP contribution in [0.3, 0.4) is 0 Å². The molecule has 1 atom stereocenters. The normalized spacial score (nSPS) is 12.3. The molecule has 1 heterocycles. The summed E-state index contributed by atoms with van der Waals surface area (Å²) in [5.74, 6) is -1.76. The zero-order valence-electron chi connectivity index (χ0n) is 10.9. The monoisotopic (exact) mass is 310 g/mol. The number of benzene rings is 1. The summed E-state index contributed by atoms with van der Waals surface area (Å²) in [4.78, 5) is 25.1. The van der Waals surface area contributed by atoms with Crippen LogP contribution in [0.2, 0.25) is 0 Å². The number of aliphatic carboxylic acids is 1. The van der Waals surface area contributed by atoms with E-state index in [1.807, 2.05) is 0 Å². The summed E-state index contributed by atoms with van der Waals surface area (Å²) in [6.07, 6.45) is 1.27. The molecular formula is C13H11FN2O4S. The Bertz CT molecular complexity index is 723. The smallest absolute Gasteiger partial charge is 0.304 e. The fourth-order valence-electron chi connectivity index (χ4n) is 1.92. The van der Waals surface area contributed by atoms with Crippen LogP contribution < -0.4 is 0 Å². The maximum absolute atomic E-state index is 14.1. The van der Waals surface area contributed by atoms with Crippen LogP contribution in [0.5, 0.6) is 0 Å².